The third kappa shape index (κ3) is 36.2. The highest BCUT2D eigenvalue weighted by atomic mass is 16.3. The van der Waals surface area contributed by atoms with Crippen LogP contribution in [0.1, 0.15) is 274 Å². The van der Waals surface area contributed by atoms with Crippen LogP contribution in [-0.2, 0) is 16.8 Å². The van der Waals surface area contributed by atoms with E-state index in [1.54, 1.807) is 18.1 Å². The lowest BCUT2D eigenvalue weighted by Gasteiger charge is -2.52. The van der Waals surface area contributed by atoms with E-state index in [1.807, 2.05) is 64.1 Å². The summed E-state index contributed by atoms with van der Waals surface area (Å²) < 4.78 is 0. The Morgan fingerprint density at radius 3 is 1.75 bits per heavy atom. The smallest absolute Gasteiger partial charge is 0.217 e. The molecule has 4 aliphatic rings. The van der Waals surface area contributed by atoms with E-state index >= 15 is 0 Å². The third-order valence-electron chi connectivity index (χ3n) is 18.6. The number of hydrogen-bond donors (Lipinski definition) is 4. The van der Waals surface area contributed by atoms with Crippen LogP contribution in [0.25, 0.3) is 5.57 Å². The molecule has 8 rings (SSSR count). The Morgan fingerprint density at radius 1 is 0.670 bits per heavy atom. The summed E-state index contributed by atoms with van der Waals surface area (Å²) in [5.41, 5.74) is 13.4. The molecule has 4 aliphatic carbocycles. The second kappa shape index (κ2) is 48.2. The molecule has 7 unspecified atom stereocenters. The van der Waals surface area contributed by atoms with Crippen LogP contribution in [0.15, 0.2) is 116 Å². The van der Waals surface area contributed by atoms with Crippen molar-refractivity contribution in [2.24, 2.45) is 64.4 Å². The Morgan fingerprint density at radius 2 is 1.21 bits per heavy atom. The average Bonchev–Trinajstić information content (AvgIpc) is 1.52. The number of carbonyl (C=O) groups is 1. The van der Waals surface area contributed by atoms with Gasteiger partial charge in [0.2, 0.25) is 5.91 Å². The van der Waals surface area contributed by atoms with Gasteiger partial charge >= 0.3 is 0 Å². The molecule has 7 atom stereocenters. The lowest BCUT2D eigenvalue weighted by atomic mass is 9.53. The van der Waals surface area contributed by atoms with Crippen molar-refractivity contribution in [1.82, 2.24) is 10.2 Å². The van der Waals surface area contributed by atoms with Gasteiger partial charge in [0.25, 0.3) is 0 Å². The summed E-state index contributed by atoms with van der Waals surface area (Å²) in [6.07, 6.45) is 17.9. The lowest BCUT2D eigenvalue weighted by Crippen LogP contribution is -2.50. The molecule has 100 heavy (non-hydrogen) atoms. The number of nitrogens with two attached hydrogens (primary N) is 1. The van der Waals surface area contributed by atoms with E-state index in [1.165, 1.54) is 87.0 Å². The Labute approximate surface area is 615 Å². The van der Waals surface area contributed by atoms with Crippen molar-refractivity contribution in [2.75, 3.05) is 26.7 Å². The summed E-state index contributed by atoms with van der Waals surface area (Å²) in [4.78, 5) is 12.5. The normalized spacial score (nSPS) is 19.4. The fourth-order valence-electron chi connectivity index (χ4n) is 12.7. The van der Waals surface area contributed by atoms with E-state index in [4.69, 9.17) is 5.73 Å². The minimum Gasteiger partial charge on any atom is -0.377 e. The molecule has 3 fully saturated rings. The van der Waals surface area contributed by atoms with Crippen molar-refractivity contribution in [2.45, 2.75) is 271 Å². The first kappa shape index (κ1) is 91.3. The van der Waals surface area contributed by atoms with Crippen molar-refractivity contribution in [3.05, 3.63) is 149 Å². The van der Waals surface area contributed by atoms with E-state index in [0.717, 1.165) is 69.0 Å². The van der Waals surface area contributed by atoms with Crippen LogP contribution in [0.5, 0.6) is 0 Å². The van der Waals surface area contributed by atoms with Crippen LogP contribution >= 0.6 is 0 Å². The Bertz CT molecular complexity index is 3350. The van der Waals surface area contributed by atoms with Gasteiger partial charge in [0.1, 0.15) is 11.2 Å². The zero-order chi connectivity index (χ0) is 74.2. The van der Waals surface area contributed by atoms with Gasteiger partial charge in [-0.25, -0.2) is 0 Å². The Hall–Kier alpha value is -6.71. The van der Waals surface area contributed by atoms with E-state index in [0.29, 0.717) is 53.9 Å². The molecule has 0 heterocycles. The number of rotatable bonds is 11. The number of unbranched alkanes of at least 4 members (excludes halogenated alkanes) is 1. The molecule has 0 saturated heterocycles. The molecule has 4 aromatic carbocycles. The fraction of sp³-hybridized carbons (Fsp3) is 0.585. The van der Waals surface area contributed by atoms with Gasteiger partial charge < -0.3 is 21.3 Å². The Balaban J connectivity index is 0.000000599. The van der Waals surface area contributed by atoms with Gasteiger partial charge in [0, 0.05) is 53.8 Å². The summed E-state index contributed by atoms with van der Waals surface area (Å²) in [6.45, 7) is 48.1. The predicted molar refractivity (Wildman–Crippen MR) is 435 cm³/mol. The monoisotopic (exact) mass is 1360 g/mol. The van der Waals surface area contributed by atoms with E-state index in [9.17, 15) is 15.0 Å². The second-order valence-electron chi connectivity index (χ2n) is 30.8. The van der Waals surface area contributed by atoms with Gasteiger partial charge in [-0.05, 0) is 156 Å². The highest BCUT2D eigenvalue weighted by Gasteiger charge is 2.61. The van der Waals surface area contributed by atoms with Gasteiger partial charge in [0.15, 0.2) is 0 Å². The first-order valence-electron chi connectivity index (χ1n) is 37.8. The van der Waals surface area contributed by atoms with Crippen LogP contribution in [0.4, 0.5) is 0 Å². The van der Waals surface area contributed by atoms with Gasteiger partial charge in [0.05, 0.1) is 18.6 Å². The Kier molecular flexibility index (Phi) is 44.0. The summed E-state index contributed by atoms with van der Waals surface area (Å²) in [5, 5.41) is 24.1. The number of benzene rings is 4. The van der Waals surface area contributed by atoms with Gasteiger partial charge in [-0.15, -0.1) is 0 Å². The number of carbonyl (C=O) groups excluding carboxylic acids is 1. The summed E-state index contributed by atoms with van der Waals surface area (Å²) in [6, 6.07) is 37.5. The van der Waals surface area contributed by atoms with E-state index in [-0.39, 0.29) is 30.2 Å². The molecule has 0 bridgehead atoms. The van der Waals surface area contributed by atoms with Crippen molar-refractivity contribution < 1.29 is 15.0 Å². The molecule has 5 N–H and O–H groups in total. The minimum absolute atomic E-state index is 0. The molecule has 0 radical (unpaired) electrons. The average molecular weight is 1360 g/mol. The number of amides is 1. The summed E-state index contributed by atoms with van der Waals surface area (Å²) in [5.74, 6) is 42.9. The standard InChI is InChI=1S/C24H32O.C15H22.C13H16O.C13H16.C11H19N.C9H17N.C8H13NO.CH4/c1-16(2)9-13-24(25)14-11-22-21-8-6-18-15-17(3)5-7-19(18)20(21)10-12-23(22,24)4;1-13(2)9-7-8-10-14(3)15-11-5-4-6-12-15;1-11(2)9-10-13(3,14)12-7-5-4-6-8-12;1-11(2)9-10-12(3)13-7-5-4-6-8-13;1-10(2)6-9-11(12)7-4-3-5-8-11;1-5-10(4)8-6-7-9(2)3;1-7(2)5-4-6-9-8(3)10;/h5,7,15-16,20-22,25H,6,8,10-12,14H2,1-4H3;4-6,11-13H,3,7-10H2,1-2H3;4-8,11,14H,1-3H3;4-8,11-12H,1-3H3;10H,3-5,7-8,12H2,1-2H3;9H,5,8H2,1-4H3;7H,6H2,1-3H3,(H,9,10);1H4. The minimum atomic E-state index is -1.04. The van der Waals surface area contributed by atoms with Gasteiger partial charge in [-0.2, -0.15) is 0 Å². The largest absolute Gasteiger partial charge is 0.377 e. The number of nitrogens with zero attached hydrogens (tertiary/aromatic N) is 1. The second-order valence-corrected chi connectivity index (χ2v) is 30.8. The molecule has 6 heteroatoms. The van der Waals surface area contributed by atoms with Gasteiger partial charge in [-0.1, -0.05) is 343 Å². The number of nitrogens with one attached hydrogen (secondary N) is 1. The molecule has 0 spiro atoms. The number of hydrogen-bond acceptors (Lipinski definition) is 5. The van der Waals surface area contributed by atoms with E-state index in [2.05, 4.69) is 265 Å². The highest BCUT2D eigenvalue weighted by molar-refractivity contribution is 5.73. The molecule has 3 saturated carbocycles. The maximum Gasteiger partial charge on any atom is 0.217 e. The lowest BCUT2D eigenvalue weighted by molar-refractivity contribution is -0.118. The van der Waals surface area contributed by atoms with Crippen molar-refractivity contribution in [3.63, 3.8) is 0 Å². The zero-order valence-corrected chi connectivity index (χ0v) is 66.0. The number of aryl methyl sites for hydroxylation is 2. The maximum atomic E-state index is 11.4. The van der Waals surface area contributed by atoms with Crippen molar-refractivity contribution in [3.8, 4) is 71.0 Å². The van der Waals surface area contributed by atoms with Crippen LogP contribution in [0, 0.1) is 137 Å². The molecule has 548 valence electrons. The van der Waals surface area contributed by atoms with E-state index < -0.39 is 11.2 Å². The SMILES string of the molecule is C.C=C(CCCCC(C)C)c1ccccc1.CC(=O)NCC#CC(C)C.CC(C)C#CC(C)(O)c1ccccc1.CC(C)C#CC(C)c1ccccc1.CC(C)C#CC1(N)CCCCC1.CCN(C)CC#CC(C)C.Cc1ccc2c(c1)CCC1C2CCC2(C)C1CCC2(O)C#CC(C)C. The third-order valence-corrected chi connectivity index (χ3v) is 18.6. The predicted octanol–water partition coefficient (Wildman–Crippen LogP) is 21.5. The maximum absolute atomic E-state index is 11.4. The molecular weight excluding hydrogens is 1220 g/mol. The van der Waals surface area contributed by atoms with Crippen molar-refractivity contribution >= 4 is 11.5 Å². The molecule has 0 aliphatic heterocycles. The highest BCUT2D eigenvalue weighted by Crippen LogP contribution is 2.64. The first-order chi connectivity index (χ1) is 46.7. The zero-order valence-electron chi connectivity index (χ0n) is 66.0. The van der Waals surface area contributed by atoms with Crippen molar-refractivity contribution in [1.29, 1.82) is 0 Å². The topological polar surface area (TPSA) is 98.8 Å². The van der Waals surface area contributed by atoms with Crippen LogP contribution in [0.3, 0.4) is 0 Å². The van der Waals surface area contributed by atoms with Gasteiger partial charge in [-0.3, -0.25) is 9.69 Å². The number of fused-ring (bicyclic) bond motifs is 5. The molecular formula is C94H139N3O3. The molecule has 0 aromatic heterocycles. The summed E-state index contributed by atoms with van der Waals surface area (Å²) >= 11 is 0. The molecule has 6 nitrogen and oxygen atoms in total. The van der Waals surface area contributed by atoms with Crippen LogP contribution < -0.4 is 11.1 Å². The number of aliphatic hydroxyl groups is 2. The first-order valence-corrected chi connectivity index (χ1v) is 37.8. The number of allylic oxidation sites excluding steroid dienone is 1. The molecule has 1 amide bonds. The van der Waals surface area contributed by atoms with Crippen LogP contribution in [-0.4, -0.2) is 58.8 Å². The fourth-order valence-corrected chi connectivity index (χ4v) is 12.7. The summed E-state index contributed by atoms with van der Waals surface area (Å²) in [7, 11) is 2.08. The van der Waals surface area contributed by atoms with Crippen LogP contribution in [0.2, 0.25) is 0 Å². The molecule has 4 aromatic rings. The quantitative estimate of drug-likeness (QED) is 0.0886.